The maximum absolute atomic E-state index is 6.33. The Bertz CT molecular complexity index is 547. The molecule has 3 nitrogen and oxygen atoms in total. The summed E-state index contributed by atoms with van der Waals surface area (Å²) >= 11 is 0. The Kier molecular flexibility index (Phi) is 3.41. The molecule has 3 saturated carbocycles. The average molecular weight is 300 g/mol. The molecule has 1 aromatic carbocycles. The van der Waals surface area contributed by atoms with Gasteiger partial charge in [0.15, 0.2) is 0 Å². The van der Waals surface area contributed by atoms with Crippen molar-refractivity contribution in [2.45, 2.75) is 51.9 Å². The Labute approximate surface area is 133 Å². The molecule has 0 radical (unpaired) electrons. The molecule has 4 atom stereocenters. The van der Waals surface area contributed by atoms with Crippen LogP contribution < -0.4 is 0 Å². The van der Waals surface area contributed by atoms with Crippen LogP contribution in [0.1, 0.15) is 39.2 Å². The molecule has 1 aliphatic heterocycles. The summed E-state index contributed by atoms with van der Waals surface area (Å²) in [5, 5.41) is 0. The van der Waals surface area contributed by atoms with Gasteiger partial charge in [0.2, 0.25) is 0 Å². The van der Waals surface area contributed by atoms with Gasteiger partial charge in [-0.3, -0.25) is 0 Å². The SMILES string of the molecule is CC1(C)C2CC3OB(COCc4ccccc4)O[C@@]3(C)C1C2. The number of hydrogen-bond donors (Lipinski definition) is 0. The lowest BCUT2D eigenvalue weighted by Crippen LogP contribution is -2.65. The fraction of sp³-hybridized carbons (Fsp3) is 0.667. The summed E-state index contributed by atoms with van der Waals surface area (Å²) in [5.74, 6) is 1.41. The minimum atomic E-state index is -0.214. The minimum Gasteiger partial charge on any atom is -0.404 e. The molecule has 2 bridgehead atoms. The molecule has 3 aliphatic carbocycles. The van der Waals surface area contributed by atoms with Crippen LogP contribution >= 0.6 is 0 Å². The van der Waals surface area contributed by atoms with Crippen LogP contribution in [0.3, 0.4) is 0 Å². The van der Waals surface area contributed by atoms with Crippen LogP contribution in [0.15, 0.2) is 30.3 Å². The minimum absolute atomic E-state index is 0.126. The van der Waals surface area contributed by atoms with Crippen molar-refractivity contribution in [2.75, 3.05) is 6.51 Å². The highest BCUT2D eigenvalue weighted by atomic mass is 16.7. The van der Waals surface area contributed by atoms with E-state index in [9.17, 15) is 0 Å². The van der Waals surface area contributed by atoms with Crippen LogP contribution in [-0.2, 0) is 20.7 Å². The standard InChI is InChI=1S/C18H25BO3/c1-17(2)14-9-15(17)18(3)16(10-14)21-19(22-18)12-20-11-13-7-5-4-6-8-13/h4-8,14-16H,9-12H2,1-3H3/t14?,15?,16?,18-/m0/s1. The second-order valence-electron chi connectivity index (χ2n) is 7.90. The highest BCUT2D eigenvalue weighted by Crippen LogP contribution is 2.65. The number of rotatable bonds is 4. The third-order valence-electron chi connectivity index (χ3n) is 6.37. The normalized spacial score (nSPS) is 38.5. The van der Waals surface area contributed by atoms with Gasteiger partial charge in [0.1, 0.15) is 0 Å². The van der Waals surface area contributed by atoms with Crippen molar-refractivity contribution < 1.29 is 14.0 Å². The number of ether oxygens (including phenoxy) is 1. The Balaban J connectivity index is 1.35. The van der Waals surface area contributed by atoms with E-state index in [1.54, 1.807) is 0 Å². The molecule has 4 aliphatic rings. The monoisotopic (exact) mass is 300 g/mol. The predicted molar refractivity (Wildman–Crippen MR) is 86.2 cm³/mol. The van der Waals surface area contributed by atoms with Crippen molar-refractivity contribution in [1.82, 2.24) is 0 Å². The van der Waals surface area contributed by atoms with E-state index in [1.807, 2.05) is 18.2 Å². The van der Waals surface area contributed by atoms with Crippen molar-refractivity contribution in [3.05, 3.63) is 35.9 Å². The zero-order valence-corrected chi connectivity index (χ0v) is 13.7. The summed E-state index contributed by atoms with van der Waals surface area (Å²) in [5.41, 5.74) is 1.46. The zero-order chi connectivity index (χ0) is 15.4. The summed E-state index contributed by atoms with van der Waals surface area (Å²) < 4.78 is 18.3. The van der Waals surface area contributed by atoms with Crippen LogP contribution in [0.2, 0.25) is 0 Å². The largest absolute Gasteiger partial charge is 0.485 e. The molecule has 1 saturated heterocycles. The Morgan fingerprint density at radius 2 is 1.95 bits per heavy atom. The molecular weight excluding hydrogens is 275 g/mol. The number of hydrogen-bond acceptors (Lipinski definition) is 3. The molecule has 3 unspecified atom stereocenters. The first kappa shape index (κ1) is 14.7. The molecule has 0 N–H and O–H groups in total. The molecular formula is C18H25BO3. The summed E-state index contributed by atoms with van der Waals surface area (Å²) in [6, 6.07) is 10.2. The summed E-state index contributed by atoms with van der Waals surface area (Å²) in [4.78, 5) is 0. The van der Waals surface area contributed by atoms with Gasteiger partial charge >= 0.3 is 7.12 Å². The van der Waals surface area contributed by atoms with Crippen molar-refractivity contribution in [2.24, 2.45) is 17.3 Å². The first-order valence-corrected chi connectivity index (χ1v) is 8.45. The predicted octanol–water partition coefficient (Wildman–Crippen LogP) is 3.47. The van der Waals surface area contributed by atoms with Gasteiger partial charge in [-0.1, -0.05) is 44.2 Å². The average Bonchev–Trinajstić information content (AvgIpc) is 2.84. The third kappa shape index (κ3) is 2.16. The van der Waals surface area contributed by atoms with Gasteiger partial charge in [0.05, 0.1) is 24.8 Å². The van der Waals surface area contributed by atoms with Crippen LogP contribution in [0.5, 0.6) is 0 Å². The summed E-state index contributed by atoms with van der Waals surface area (Å²) in [6.07, 6.45) is 2.67. The molecule has 1 heterocycles. The van der Waals surface area contributed by atoms with E-state index in [4.69, 9.17) is 14.0 Å². The maximum Gasteiger partial charge on any atom is 0.485 e. The second kappa shape index (κ2) is 5.08. The fourth-order valence-electron chi connectivity index (χ4n) is 4.87. The van der Waals surface area contributed by atoms with Crippen molar-refractivity contribution in [3.8, 4) is 0 Å². The Morgan fingerprint density at radius 1 is 1.18 bits per heavy atom. The third-order valence-corrected chi connectivity index (χ3v) is 6.37. The van der Waals surface area contributed by atoms with Gasteiger partial charge < -0.3 is 14.0 Å². The molecule has 0 spiro atoms. The lowest BCUT2D eigenvalue weighted by atomic mass is 9.43. The first-order valence-electron chi connectivity index (χ1n) is 8.45. The summed E-state index contributed by atoms with van der Waals surface area (Å²) in [6.45, 7) is 8.14. The molecule has 1 aromatic rings. The van der Waals surface area contributed by atoms with E-state index in [2.05, 4.69) is 32.9 Å². The highest BCUT2D eigenvalue weighted by molar-refractivity contribution is 6.45. The molecule has 22 heavy (non-hydrogen) atoms. The van der Waals surface area contributed by atoms with E-state index in [1.165, 1.54) is 12.0 Å². The lowest BCUT2D eigenvalue weighted by Gasteiger charge is -2.64. The van der Waals surface area contributed by atoms with Gasteiger partial charge in [-0.05, 0) is 42.6 Å². The molecule has 4 fully saturated rings. The van der Waals surface area contributed by atoms with Crippen LogP contribution in [-0.4, -0.2) is 25.3 Å². The smallest absolute Gasteiger partial charge is 0.404 e. The topological polar surface area (TPSA) is 27.7 Å². The molecule has 0 aromatic heterocycles. The first-order chi connectivity index (χ1) is 10.5. The van der Waals surface area contributed by atoms with Gasteiger partial charge in [-0.25, -0.2) is 0 Å². The lowest BCUT2D eigenvalue weighted by molar-refractivity contribution is -0.199. The molecule has 118 valence electrons. The van der Waals surface area contributed by atoms with E-state index >= 15 is 0 Å². The van der Waals surface area contributed by atoms with Crippen molar-refractivity contribution >= 4 is 7.12 Å². The Morgan fingerprint density at radius 3 is 2.68 bits per heavy atom. The van der Waals surface area contributed by atoms with Gasteiger partial charge in [0, 0.05) is 0 Å². The second-order valence-corrected chi connectivity index (χ2v) is 7.90. The molecule has 0 amide bonds. The van der Waals surface area contributed by atoms with Gasteiger partial charge in [0.25, 0.3) is 0 Å². The van der Waals surface area contributed by atoms with E-state index in [-0.39, 0.29) is 18.8 Å². The molecule has 5 rings (SSSR count). The van der Waals surface area contributed by atoms with E-state index < -0.39 is 0 Å². The summed E-state index contributed by atoms with van der Waals surface area (Å²) in [7, 11) is -0.214. The number of benzene rings is 1. The van der Waals surface area contributed by atoms with Crippen LogP contribution in [0.4, 0.5) is 0 Å². The van der Waals surface area contributed by atoms with E-state index in [0.717, 1.165) is 12.3 Å². The maximum atomic E-state index is 6.33. The quantitative estimate of drug-likeness (QED) is 0.797. The zero-order valence-electron chi connectivity index (χ0n) is 13.7. The molecule has 4 heteroatoms. The van der Waals surface area contributed by atoms with E-state index in [0.29, 0.717) is 24.4 Å². The van der Waals surface area contributed by atoms with Crippen LogP contribution in [0.25, 0.3) is 0 Å². The van der Waals surface area contributed by atoms with Gasteiger partial charge in [-0.15, -0.1) is 0 Å². The van der Waals surface area contributed by atoms with Crippen LogP contribution in [0, 0.1) is 17.3 Å². The van der Waals surface area contributed by atoms with Crippen molar-refractivity contribution in [1.29, 1.82) is 0 Å². The Hall–Kier alpha value is -0.835. The fourth-order valence-corrected chi connectivity index (χ4v) is 4.87. The van der Waals surface area contributed by atoms with Crippen molar-refractivity contribution in [3.63, 3.8) is 0 Å². The highest BCUT2D eigenvalue weighted by Gasteiger charge is 2.67. The van der Waals surface area contributed by atoms with Gasteiger partial charge in [-0.2, -0.15) is 0 Å².